The van der Waals surface area contributed by atoms with Gasteiger partial charge in [-0.1, -0.05) is 18.2 Å². The molecule has 1 aliphatic rings. The van der Waals surface area contributed by atoms with E-state index in [1.807, 2.05) is 18.2 Å². The number of benzene rings is 2. The van der Waals surface area contributed by atoms with Crippen LogP contribution in [-0.2, 0) is 11.3 Å². The molecule has 120 valence electrons. The third-order valence-corrected chi connectivity index (χ3v) is 4.34. The molecule has 6 heteroatoms. The van der Waals surface area contributed by atoms with Crippen LogP contribution in [0.4, 0.5) is 4.39 Å². The van der Waals surface area contributed by atoms with E-state index in [2.05, 4.69) is 5.32 Å². The number of halogens is 1. The predicted octanol–water partition coefficient (Wildman–Crippen LogP) is 3.01. The Balaban J connectivity index is 1.50. The topological polar surface area (TPSA) is 47.6 Å². The molecule has 0 atom stereocenters. The molecule has 2 aromatic rings. The molecule has 0 bridgehead atoms. The summed E-state index contributed by atoms with van der Waals surface area (Å²) in [6.45, 7) is 1.48. The van der Waals surface area contributed by atoms with Crippen molar-refractivity contribution in [3.8, 4) is 11.5 Å². The van der Waals surface area contributed by atoms with Crippen molar-refractivity contribution >= 4 is 17.7 Å². The van der Waals surface area contributed by atoms with Crippen LogP contribution in [0.15, 0.2) is 47.4 Å². The van der Waals surface area contributed by atoms with Gasteiger partial charge < -0.3 is 14.8 Å². The largest absolute Gasteiger partial charge is 0.486 e. The van der Waals surface area contributed by atoms with E-state index in [1.165, 1.54) is 17.8 Å². The van der Waals surface area contributed by atoms with Gasteiger partial charge in [-0.2, -0.15) is 0 Å². The van der Waals surface area contributed by atoms with Crippen molar-refractivity contribution in [1.82, 2.24) is 5.32 Å². The zero-order chi connectivity index (χ0) is 16.1. The molecule has 3 rings (SSSR count). The van der Waals surface area contributed by atoms with Crippen molar-refractivity contribution in [3.05, 3.63) is 53.8 Å². The number of carbonyl (C=O) groups is 1. The molecule has 23 heavy (non-hydrogen) atoms. The molecule has 2 aromatic carbocycles. The first-order valence-corrected chi connectivity index (χ1v) is 8.23. The molecule has 1 heterocycles. The molecule has 0 saturated heterocycles. The number of hydrogen-bond donors (Lipinski definition) is 1. The quantitative estimate of drug-likeness (QED) is 0.855. The number of thioether (sulfide) groups is 1. The van der Waals surface area contributed by atoms with E-state index in [1.54, 1.807) is 18.2 Å². The summed E-state index contributed by atoms with van der Waals surface area (Å²) in [6, 6.07) is 12.0. The first kappa shape index (κ1) is 15.7. The molecule has 1 aliphatic heterocycles. The Morgan fingerprint density at radius 1 is 1.13 bits per heavy atom. The fourth-order valence-corrected chi connectivity index (χ4v) is 2.92. The van der Waals surface area contributed by atoms with Gasteiger partial charge in [-0.15, -0.1) is 11.8 Å². The van der Waals surface area contributed by atoms with Crippen molar-refractivity contribution in [2.45, 2.75) is 11.4 Å². The number of hydrogen-bond acceptors (Lipinski definition) is 4. The van der Waals surface area contributed by atoms with Crippen LogP contribution in [0.2, 0.25) is 0 Å². The Morgan fingerprint density at radius 3 is 2.74 bits per heavy atom. The molecule has 0 saturated carbocycles. The normalized spacial score (nSPS) is 12.7. The molecule has 0 radical (unpaired) electrons. The third kappa shape index (κ3) is 4.16. The van der Waals surface area contributed by atoms with Crippen molar-refractivity contribution in [2.75, 3.05) is 19.0 Å². The maximum Gasteiger partial charge on any atom is 0.230 e. The number of ether oxygens (including phenoxy) is 2. The summed E-state index contributed by atoms with van der Waals surface area (Å²) in [5.41, 5.74) is 0.929. The monoisotopic (exact) mass is 333 g/mol. The third-order valence-electron chi connectivity index (χ3n) is 3.29. The summed E-state index contributed by atoms with van der Waals surface area (Å²) in [7, 11) is 0. The standard InChI is InChI=1S/C17H16FNO3S/c18-13-3-1-2-4-16(13)23-11-17(20)19-10-12-5-6-14-15(9-12)22-8-7-21-14/h1-6,9H,7-8,10-11H2,(H,19,20). The fourth-order valence-electron chi connectivity index (χ4n) is 2.15. The van der Waals surface area contributed by atoms with Crippen LogP contribution < -0.4 is 14.8 Å². The van der Waals surface area contributed by atoms with Crippen LogP contribution in [0.25, 0.3) is 0 Å². The fraction of sp³-hybridized carbons (Fsp3) is 0.235. The van der Waals surface area contributed by atoms with Crippen LogP contribution in [0, 0.1) is 5.82 Å². The molecular formula is C17H16FNO3S. The van der Waals surface area contributed by atoms with Gasteiger partial charge in [-0.25, -0.2) is 4.39 Å². The van der Waals surface area contributed by atoms with Crippen molar-refractivity contribution in [2.24, 2.45) is 0 Å². The Hall–Kier alpha value is -2.21. The Bertz CT molecular complexity index is 708. The Labute approximate surface area is 138 Å². The van der Waals surface area contributed by atoms with Crippen LogP contribution in [0.5, 0.6) is 11.5 Å². The lowest BCUT2D eigenvalue weighted by atomic mass is 10.2. The second-order valence-corrected chi connectivity index (χ2v) is 5.99. The zero-order valence-electron chi connectivity index (χ0n) is 12.4. The average Bonchev–Trinajstić information content (AvgIpc) is 2.59. The minimum atomic E-state index is -0.308. The summed E-state index contributed by atoms with van der Waals surface area (Å²) >= 11 is 1.18. The lowest BCUT2D eigenvalue weighted by Gasteiger charge is -2.19. The number of fused-ring (bicyclic) bond motifs is 1. The molecule has 0 spiro atoms. The Kier molecular flexibility index (Phi) is 5.02. The van der Waals surface area contributed by atoms with E-state index in [0.29, 0.717) is 30.4 Å². The highest BCUT2D eigenvalue weighted by Gasteiger charge is 2.12. The average molecular weight is 333 g/mol. The highest BCUT2D eigenvalue weighted by Crippen LogP contribution is 2.30. The molecule has 0 unspecified atom stereocenters. The lowest BCUT2D eigenvalue weighted by Crippen LogP contribution is -2.24. The summed E-state index contributed by atoms with van der Waals surface area (Å²) < 4.78 is 24.4. The number of amides is 1. The SMILES string of the molecule is O=C(CSc1ccccc1F)NCc1ccc2c(c1)OCCO2. The number of carbonyl (C=O) groups excluding carboxylic acids is 1. The number of nitrogens with one attached hydrogen (secondary N) is 1. The molecule has 1 N–H and O–H groups in total. The van der Waals surface area contributed by atoms with Crippen LogP contribution in [0.1, 0.15) is 5.56 Å². The highest BCUT2D eigenvalue weighted by atomic mass is 32.2. The second kappa shape index (κ2) is 7.37. The van der Waals surface area contributed by atoms with Gasteiger partial charge in [-0.3, -0.25) is 4.79 Å². The van der Waals surface area contributed by atoms with Gasteiger partial charge in [0.2, 0.25) is 5.91 Å². The molecule has 1 amide bonds. The molecule has 4 nitrogen and oxygen atoms in total. The minimum Gasteiger partial charge on any atom is -0.486 e. The van der Waals surface area contributed by atoms with Gasteiger partial charge in [-0.05, 0) is 29.8 Å². The first-order valence-electron chi connectivity index (χ1n) is 7.25. The van der Waals surface area contributed by atoms with E-state index >= 15 is 0 Å². The van der Waals surface area contributed by atoms with Crippen LogP contribution in [-0.4, -0.2) is 24.9 Å². The van der Waals surface area contributed by atoms with Gasteiger partial charge in [0, 0.05) is 11.4 Å². The van der Waals surface area contributed by atoms with Gasteiger partial charge >= 0.3 is 0 Å². The van der Waals surface area contributed by atoms with Crippen molar-refractivity contribution in [1.29, 1.82) is 0 Å². The lowest BCUT2D eigenvalue weighted by molar-refractivity contribution is -0.118. The van der Waals surface area contributed by atoms with Crippen molar-refractivity contribution in [3.63, 3.8) is 0 Å². The van der Waals surface area contributed by atoms with Gasteiger partial charge in [0.05, 0.1) is 5.75 Å². The molecule has 0 fully saturated rings. The zero-order valence-corrected chi connectivity index (χ0v) is 13.2. The maximum atomic E-state index is 13.5. The van der Waals surface area contributed by atoms with E-state index in [-0.39, 0.29) is 17.5 Å². The van der Waals surface area contributed by atoms with Crippen LogP contribution in [0.3, 0.4) is 0 Å². The van der Waals surface area contributed by atoms with E-state index in [0.717, 1.165) is 11.3 Å². The molecule has 0 aliphatic carbocycles. The summed E-state index contributed by atoms with van der Waals surface area (Å²) in [6.07, 6.45) is 0. The Morgan fingerprint density at radius 2 is 1.91 bits per heavy atom. The van der Waals surface area contributed by atoms with E-state index < -0.39 is 0 Å². The van der Waals surface area contributed by atoms with Crippen molar-refractivity contribution < 1.29 is 18.7 Å². The van der Waals surface area contributed by atoms with Gasteiger partial charge in [0.1, 0.15) is 19.0 Å². The van der Waals surface area contributed by atoms with Crippen LogP contribution >= 0.6 is 11.8 Å². The maximum absolute atomic E-state index is 13.5. The number of rotatable bonds is 5. The second-order valence-electron chi connectivity index (χ2n) is 4.97. The van der Waals surface area contributed by atoms with Gasteiger partial charge in [0.15, 0.2) is 11.5 Å². The van der Waals surface area contributed by atoms with E-state index in [9.17, 15) is 9.18 Å². The highest BCUT2D eigenvalue weighted by molar-refractivity contribution is 8.00. The molecular weight excluding hydrogens is 317 g/mol. The first-order chi connectivity index (χ1) is 11.2. The summed E-state index contributed by atoms with van der Waals surface area (Å²) in [4.78, 5) is 12.4. The van der Waals surface area contributed by atoms with E-state index in [4.69, 9.17) is 9.47 Å². The summed E-state index contributed by atoms with van der Waals surface area (Å²) in [5, 5.41) is 2.82. The molecule has 0 aromatic heterocycles. The summed E-state index contributed by atoms with van der Waals surface area (Å²) in [5.74, 6) is 1.14. The minimum absolute atomic E-state index is 0.145. The van der Waals surface area contributed by atoms with Gasteiger partial charge in [0.25, 0.3) is 0 Å². The predicted molar refractivity (Wildman–Crippen MR) is 86.4 cm³/mol. The smallest absolute Gasteiger partial charge is 0.230 e.